The maximum absolute atomic E-state index is 12.8. The highest BCUT2D eigenvalue weighted by molar-refractivity contribution is 7.16. The average molecular weight is 400 g/mol. The molecule has 3 rings (SSSR count). The zero-order valence-electron chi connectivity index (χ0n) is 16.0. The van der Waals surface area contributed by atoms with E-state index in [2.05, 4.69) is 4.99 Å². The summed E-state index contributed by atoms with van der Waals surface area (Å²) in [7, 11) is 4.34. The summed E-state index contributed by atoms with van der Waals surface area (Å²) in [6.07, 6.45) is 0. The second-order valence-corrected chi connectivity index (χ2v) is 7.01. The summed E-state index contributed by atoms with van der Waals surface area (Å²) in [5.41, 5.74) is 2.20. The fourth-order valence-corrected chi connectivity index (χ4v) is 3.86. The molecule has 1 amide bonds. The summed E-state index contributed by atoms with van der Waals surface area (Å²) in [5.74, 6) is 0.0497. The second kappa shape index (κ2) is 8.26. The van der Waals surface area contributed by atoms with Crippen molar-refractivity contribution in [1.29, 1.82) is 0 Å². The van der Waals surface area contributed by atoms with Gasteiger partial charge in [-0.2, -0.15) is 4.99 Å². The number of benzene rings is 2. The Morgan fingerprint density at radius 1 is 1.07 bits per heavy atom. The molecule has 8 heteroatoms. The van der Waals surface area contributed by atoms with E-state index in [0.29, 0.717) is 21.9 Å². The van der Waals surface area contributed by atoms with Crippen LogP contribution in [0.1, 0.15) is 15.9 Å². The molecule has 0 N–H and O–H groups in total. The SMILES string of the molecule is COC(=O)Cn1c(=NC(=O)c2ccc(OC)cc2OC)sc2cc(C)ccc21. The predicted molar refractivity (Wildman–Crippen MR) is 106 cm³/mol. The molecule has 1 heterocycles. The minimum atomic E-state index is -0.471. The molecule has 0 aliphatic carbocycles. The molecule has 0 saturated heterocycles. The van der Waals surface area contributed by atoms with Crippen LogP contribution in [0, 0.1) is 6.92 Å². The Morgan fingerprint density at radius 3 is 2.54 bits per heavy atom. The van der Waals surface area contributed by atoms with Crippen molar-refractivity contribution in [2.45, 2.75) is 13.5 Å². The molecule has 0 fully saturated rings. The van der Waals surface area contributed by atoms with E-state index in [1.165, 1.54) is 32.7 Å². The fourth-order valence-electron chi connectivity index (χ4n) is 2.73. The van der Waals surface area contributed by atoms with Crippen molar-refractivity contribution in [3.63, 3.8) is 0 Å². The number of esters is 1. The van der Waals surface area contributed by atoms with Crippen LogP contribution in [0.2, 0.25) is 0 Å². The molecule has 0 radical (unpaired) electrons. The molecule has 2 aromatic carbocycles. The topological polar surface area (TPSA) is 79.1 Å². The van der Waals surface area contributed by atoms with E-state index in [9.17, 15) is 9.59 Å². The summed E-state index contributed by atoms with van der Waals surface area (Å²) in [6, 6.07) is 10.7. The molecule has 146 valence electrons. The first-order chi connectivity index (χ1) is 13.5. The Bertz CT molecular complexity index is 1110. The van der Waals surface area contributed by atoms with Crippen molar-refractivity contribution in [3.8, 4) is 11.5 Å². The van der Waals surface area contributed by atoms with Gasteiger partial charge in [0, 0.05) is 6.07 Å². The van der Waals surface area contributed by atoms with Crippen LogP contribution in [0.5, 0.6) is 11.5 Å². The van der Waals surface area contributed by atoms with Crippen LogP contribution in [0.15, 0.2) is 41.4 Å². The van der Waals surface area contributed by atoms with Crippen LogP contribution in [0.25, 0.3) is 10.2 Å². The van der Waals surface area contributed by atoms with E-state index in [1.807, 2.05) is 25.1 Å². The summed E-state index contributed by atoms with van der Waals surface area (Å²) < 4.78 is 17.9. The average Bonchev–Trinajstić information content (AvgIpc) is 3.02. The number of hydrogen-bond acceptors (Lipinski definition) is 6. The molecule has 0 saturated carbocycles. The Morgan fingerprint density at radius 2 is 1.86 bits per heavy atom. The molecule has 0 spiro atoms. The van der Waals surface area contributed by atoms with Gasteiger partial charge in [0.2, 0.25) is 0 Å². The molecule has 28 heavy (non-hydrogen) atoms. The molecule has 7 nitrogen and oxygen atoms in total. The number of ether oxygens (including phenoxy) is 3. The molecule has 0 bridgehead atoms. The lowest BCUT2D eigenvalue weighted by atomic mass is 10.2. The van der Waals surface area contributed by atoms with Gasteiger partial charge < -0.3 is 18.8 Å². The third-order valence-corrected chi connectivity index (χ3v) is 5.23. The first-order valence-electron chi connectivity index (χ1n) is 8.44. The monoisotopic (exact) mass is 400 g/mol. The van der Waals surface area contributed by atoms with Gasteiger partial charge in [-0.15, -0.1) is 0 Å². The summed E-state index contributed by atoms with van der Waals surface area (Å²) in [4.78, 5) is 29.4. The van der Waals surface area contributed by atoms with Crippen molar-refractivity contribution in [3.05, 3.63) is 52.3 Å². The number of carbonyl (C=O) groups is 2. The number of fused-ring (bicyclic) bond motifs is 1. The zero-order chi connectivity index (χ0) is 20.3. The maximum Gasteiger partial charge on any atom is 0.325 e. The van der Waals surface area contributed by atoms with Gasteiger partial charge in [0.25, 0.3) is 5.91 Å². The highest BCUT2D eigenvalue weighted by Crippen LogP contribution is 2.25. The van der Waals surface area contributed by atoms with E-state index in [-0.39, 0.29) is 6.54 Å². The lowest BCUT2D eigenvalue weighted by Gasteiger charge is -2.07. The van der Waals surface area contributed by atoms with Gasteiger partial charge >= 0.3 is 5.97 Å². The van der Waals surface area contributed by atoms with Crippen molar-refractivity contribution in [1.82, 2.24) is 4.57 Å². The maximum atomic E-state index is 12.8. The second-order valence-electron chi connectivity index (χ2n) is 6.00. The van der Waals surface area contributed by atoms with Gasteiger partial charge in [0.1, 0.15) is 18.0 Å². The van der Waals surface area contributed by atoms with Crippen molar-refractivity contribution >= 4 is 33.4 Å². The number of methoxy groups -OCH3 is 3. The summed E-state index contributed by atoms with van der Waals surface area (Å²) in [5, 5.41) is 0. The standard InChI is InChI=1S/C20H20N2O5S/c1-12-5-8-15-17(9-12)28-20(22(15)11-18(23)27-4)21-19(24)14-7-6-13(25-2)10-16(14)26-3/h5-10H,11H2,1-4H3. The van der Waals surface area contributed by atoms with Gasteiger partial charge in [-0.05, 0) is 36.8 Å². The highest BCUT2D eigenvalue weighted by Gasteiger charge is 2.15. The molecular weight excluding hydrogens is 380 g/mol. The third kappa shape index (κ3) is 3.91. The molecule has 3 aromatic rings. The van der Waals surface area contributed by atoms with Crippen LogP contribution in [-0.2, 0) is 16.1 Å². The predicted octanol–water partition coefficient (Wildman–Crippen LogP) is 2.94. The van der Waals surface area contributed by atoms with Crippen molar-refractivity contribution < 1.29 is 23.8 Å². The van der Waals surface area contributed by atoms with E-state index >= 15 is 0 Å². The van der Waals surface area contributed by atoms with Crippen LogP contribution < -0.4 is 14.3 Å². The molecule has 0 aliphatic rings. The van der Waals surface area contributed by atoms with E-state index < -0.39 is 11.9 Å². The number of amides is 1. The summed E-state index contributed by atoms with van der Waals surface area (Å²) >= 11 is 1.34. The zero-order valence-corrected chi connectivity index (χ0v) is 16.8. The van der Waals surface area contributed by atoms with Crippen LogP contribution in [0.3, 0.4) is 0 Å². The van der Waals surface area contributed by atoms with Gasteiger partial charge in [0.15, 0.2) is 4.80 Å². The number of thiazole rings is 1. The lowest BCUT2D eigenvalue weighted by Crippen LogP contribution is -2.22. The summed E-state index contributed by atoms with van der Waals surface area (Å²) in [6.45, 7) is 1.94. The number of aromatic nitrogens is 1. The largest absolute Gasteiger partial charge is 0.497 e. The first-order valence-corrected chi connectivity index (χ1v) is 9.26. The third-order valence-electron chi connectivity index (χ3n) is 4.19. The normalized spacial score (nSPS) is 11.5. The number of carbonyl (C=O) groups excluding carboxylic acids is 2. The number of aryl methyl sites for hydroxylation is 1. The Kier molecular flexibility index (Phi) is 5.79. The Balaban J connectivity index is 2.14. The number of nitrogens with zero attached hydrogens (tertiary/aromatic N) is 2. The van der Waals surface area contributed by atoms with Crippen molar-refractivity contribution in [2.24, 2.45) is 4.99 Å². The minimum Gasteiger partial charge on any atom is -0.497 e. The van der Waals surface area contributed by atoms with Gasteiger partial charge in [-0.1, -0.05) is 17.4 Å². The fraction of sp³-hybridized carbons (Fsp3) is 0.250. The molecule has 0 unspecified atom stereocenters. The smallest absolute Gasteiger partial charge is 0.325 e. The molecule has 1 aromatic heterocycles. The van der Waals surface area contributed by atoms with Crippen LogP contribution in [0.4, 0.5) is 0 Å². The van der Waals surface area contributed by atoms with Crippen molar-refractivity contribution in [2.75, 3.05) is 21.3 Å². The molecule has 0 aliphatic heterocycles. The highest BCUT2D eigenvalue weighted by atomic mass is 32.1. The first kappa shape index (κ1) is 19.6. The molecule has 0 atom stereocenters. The minimum absolute atomic E-state index is 0.0363. The molecular formula is C20H20N2O5S. The Hall–Kier alpha value is -3.13. The van der Waals surface area contributed by atoms with Gasteiger partial charge in [-0.3, -0.25) is 9.59 Å². The number of hydrogen-bond donors (Lipinski definition) is 0. The van der Waals surface area contributed by atoms with E-state index in [4.69, 9.17) is 14.2 Å². The van der Waals surface area contributed by atoms with Gasteiger partial charge in [-0.25, -0.2) is 0 Å². The lowest BCUT2D eigenvalue weighted by molar-refractivity contribution is -0.141. The quantitative estimate of drug-likeness (QED) is 0.615. The Labute approximate surface area is 165 Å². The van der Waals surface area contributed by atoms with E-state index in [1.54, 1.807) is 22.8 Å². The van der Waals surface area contributed by atoms with Gasteiger partial charge in [0.05, 0.1) is 37.1 Å². The van der Waals surface area contributed by atoms with Crippen LogP contribution >= 0.6 is 11.3 Å². The van der Waals surface area contributed by atoms with Crippen LogP contribution in [-0.4, -0.2) is 37.8 Å². The van der Waals surface area contributed by atoms with E-state index in [0.717, 1.165) is 15.8 Å². The number of rotatable bonds is 5.